The molecule has 0 aliphatic carbocycles. The summed E-state index contributed by atoms with van der Waals surface area (Å²) in [5, 5.41) is 6.04. The molecule has 5 nitrogen and oxygen atoms in total. The van der Waals surface area contributed by atoms with Crippen molar-refractivity contribution in [2.75, 3.05) is 29.9 Å². The predicted molar refractivity (Wildman–Crippen MR) is 110 cm³/mol. The van der Waals surface area contributed by atoms with E-state index >= 15 is 0 Å². The Morgan fingerprint density at radius 2 is 1.93 bits per heavy atom. The van der Waals surface area contributed by atoms with Gasteiger partial charge in [-0.05, 0) is 37.1 Å². The van der Waals surface area contributed by atoms with Crippen molar-refractivity contribution in [3.63, 3.8) is 0 Å². The lowest BCUT2D eigenvalue weighted by atomic mass is 10.1. The van der Waals surface area contributed by atoms with Crippen molar-refractivity contribution < 1.29 is 9.53 Å². The van der Waals surface area contributed by atoms with Gasteiger partial charge in [-0.2, -0.15) is 0 Å². The number of benzene rings is 2. The van der Waals surface area contributed by atoms with E-state index in [-0.39, 0.29) is 12.5 Å². The van der Waals surface area contributed by atoms with Gasteiger partial charge in [0.1, 0.15) is 5.75 Å². The molecule has 138 valence electrons. The number of nitrogens with zero attached hydrogens (tertiary/aromatic N) is 2. The van der Waals surface area contributed by atoms with Gasteiger partial charge in [-0.25, -0.2) is 4.98 Å². The smallest absolute Gasteiger partial charge is 0.262 e. The van der Waals surface area contributed by atoms with Crippen molar-refractivity contribution in [2.24, 2.45) is 0 Å². The van der Waals surface area contributed by atoms with E-state index in [1.54, 1.807) is 11.3 Å². The maximum Gasteiger partial charge on any atom is 0.262 e. The Balaban J connectivity index is 1.39. The molecule has 0 radical (unpaired) electrons. The van der Waals surface area contributed by atoms with E-state index < -0.39 is 0 Å². The number of anilines is 2. The van der Waals surface area contributed by atoms with Crippen LogP contribution < -0.4 is 15.0 Å². The fraction of sp³-hybridized carbons (Fsp3) is 0.238. The van der Waals surface area contributed by atoms with E-state index in [4.69, 9.17) is 9.72 Å². The number of ether oxygens (including phenoxy) is 1. The first-order valence-electron chi connectivity index (χ1n) is 9.06. The zero-order valence-corrected chi connectivity index (χ0v) is 15.7. The number of carbonyl (C=O) groups is 1. The first kappa shape index (κ1) is 17.5. The monoisotopic (exact) mass is 379 g/mol. The van der Waals surface area contributed by atoms with Gasteiger partial charge in [-0.15, -0.1) is 11.3 Å². The third-order valence-electron chi connectivity index (χ3n) is 4.42. The molecule has 1 N–H and O–H groups in total. The van der Waals surface area contributed by atoms with E-state index in [9.17, 15) is 4.79 Å². The Kier molecular flexibility index (Phi) is 5.34. The highest BCUT2D eigenvalue weighted by Crippen LogP contribution is 2.30. The molecule has 1 saturated heterocycles. The van der Waals surface area contributed by atoms with Crippen molar-refractivity contribution in [3.05, 3.63) is 60.0 Å². The Morgan fingerprint density at radius 3 is 2.74 bits per heavy atom. The van der Waals surface area contributed by atoms with Crippen molar-refractivity contribution >= 4 is 28.1 Å². The number of hydrogen-bond donors (Lipinski definition) is 1. The Morgan fingerprint density at radius 1 is 1.11 bits per heavy atom. The normalized spacial score (nSPS) is 13.6. The minimum Gasteiger partial charge on any atom is -0.484 e. The average molecular weight is 379 g/mol. The zero-order chi connectivity index (χ0) is 18.5. The van der Waals surface area contributed by atoms with Crippen molar-refractivity contribution in [3.8, 4) is 17.0 Å². The first-order valence-corrected chi connectivity index (χ1v) is 9.94. The number of thiazole rings is 1. The molecule has 0 bridgehead atoms. The first-order chi connectivity index (χ1) is 13.3. The summed E-state index contributed by atoms with van der Waals surface area (Å²) in [6.07, 6.45) is 2.48. The van der Waals surface area contributed by atoms with Crippen molar-refractivity contribution in [1.29, 1.82) is 0 Å². The molecule has 1 aromatic heterocycles. The van der Waals surface area contributed by atoms with E-state index in [0.29, 0.717) is 5.75 Å². The largest absolute Gasteiger partial charge is 0.484 e. The quantitative estimate of drug-likeness (QED) is 0.688. The number of aromatic nitrogens is 1. The lowest BCUT2D eigenvalue weighted by molar-refractivity contribution is -0.118. The fourth-order valence-electron chi connectivity index (χ4n) is 3.07. The lowest BCUT2D eigenvalue weighted by Gasteiger charge is -2.12. The minimum absolute atomic E-state index is 0.0238. The van der Waals surface area contributed by atoms with Crippen LogP contribution in [0.4, 0.5) is 10.8 Å². The molecule has 1 amide bonds. The summed E-state index contributed by atoms with van der Waals surface area (Å²) in [5.74, 6) is 0.491. The molecule has 1 aliphatic rings. The highest BCUT2D eigenvalue weighted by atomic mass is 32.1. The van der Waals surface area contributed by atoms with Crippen LogP contribution in [0.1, 0.15) is 12.8 Å². The van der Waals surface area contributed by atoms with Crippen LogP contribution in [-0.4, -0.2) is 30.6 Å². The van der Waals surface area contributed by atoms with Crippen LogP contribution in [0.2, 0.25) is 0 Å². The van der Waals surface area contributed by atoms with Gasteiger partial charge < -0.3 is 15.0 Å². The Bertz CT molecular complexity index is 905. The summed E-state index contributed by atoms with van der Waals surface area (Å²) < 4.78 is 5.49. The summed E-state index contributed by atoms with van der Waals surface area (Å²) in [4.78, 5) is 19.3. The van der Waals surface area contributed by atoms with Crippen LogP contribution in [0.5, 0.6) is 5.75 Å². The topological polar surface area (TPSA) is 54.5 Å². The summed E-state index contributed by atoms with van der Waals surface area (Å²) in [5.41, 5.74) is 2.68. The molecule has 1 fully saturated rings. The van der Waals surface area contributed by atoms with Crippen LogP contribution in [0.25, 0.3) is 11.3 Å². The van der Waals surface area contributed by atoms with Crippen molar-refractivity contribution in [2.45, 2.75) is 12.8 Å². The van der Waals surface area contributed by atoms with E-state index in [2.05, 4.69) is 15.6 Å². The average Bonchev–Trinajstić information content (AvgIpc) is 3.39. The zero-order valence-electron chi connectivity index (χ0n) is 14.9. The SMILES string of the molecule is O=C(COc1ccccc1)Nc1cccc(-c2csc(N3CCCC3)n2)c1. The maximum atomic E-state index is 12.2. The number of carbonyl (C=O) groups excluding carboxylic acids is 1. The van der Waals surface area contributed by atoms with Crippen LogP contribution in [0.3, 0.4) is 0 Å². The van der Waals surface area contributed by atoms with Crippen molar-refractivity contribution in [1.82, 2.24) is 4.98 Å². The van der Waals surface area contributed by atoms with Gasteiger partial charge in [0.2, 0.25) is 0 Å². The molecule has 0 saturated carbocycles. The van der Waals surface area contributed by atoms with E-state index in [1.807, 2.05) is 54.6 Å². The predicted octanol–water partition coefficient (Wildman–Crippen LogP) is 4.43. The third-order valence-corrected chi connectivity index (χ3v) is 5.33. The van der Waals surface area contributed by atoms with Gasteiger partial charge in [-0.1, -0.05) is 30.3 Å². The molecule has 4 rings (SSSR count). The van der Waals surface area contributed by atoms with E-state index in [1.165, 1.54) is 12.8 Å². The van der Waals surface area contributed by atoms with Gasteiger partial charge in [0.15, 0.2) is 11.7 Å². The second-order valence-electron chi connectivity index (χ2n) is 6.44. The summed E-state index contributed by atoms with van der Waals surface area (Å²) in [6.45, 7) is 2.15. The number of hydrogen-bond acceptors (Lipinski definition) is 5. The van der Waals surface area contributed by atoms with Gasteiger partial charge in [-0.3, -0.25) is 4.79 Å². The summed E-state index contributed by atoms with van der Waals surface area (Å²) in [7, 11) is 0. The van der Waals surface area contributed by atoms with Gasteiger partial charge in [0, 0.05) is 29.7 Å². The molecular weight excluding hydrogens is 358 g/mol. The number of rotatable bonds is 6. The second-order valence-corrected chi connectivity index (χ2v) is 7.28. The minimum atomic E-state index is -0.188. The van der Waals surface area contributed by atoms with Crippen LogP contribution >= 0.6 is 11.3 Å². The maximum absolute atomic E-state index is 12.2. The molecule has 6 heteroatoms. The number of nitrogens with one attached hydrogen (secondary N) is 1. The molecule has 1 aliphatic heterocycles. The van der Waals surface area contributed by atoms with Gasteiger partial charge in [0.25, 0.3) is 5.91 Å². The molecule has 3 aromatic rings. The number of para-hydroxylation sites is 1. The summed E-state index contributed by atoms with van der Waals surface area (Å²) in [6, 6.07) is 17.1. The Hall–Kier alpha value is -2.86. The molecule has 27 heavy (non-hydrogen) atoms. The molecule has 0 unspecified atom stereocenters. The highest BCUT2D eigenvalue weighted by molar-refractivity contribution is 7.14. The second kappa shape index (κ2) is 8.22. The molecule has 2 heterocycles. The van der Waals surface area contributed by atoms with E-state index in [0.717, 1.165) is 35.2 Å². The Labute approximate surface area is 162 Å². The van der Waals surface area contributed by atoms with Crippen LogP contribution in [0, 0.1) is 0 Å². The standard InChI is InChI=1S/C21H21N3O2S/c25-20(14-26-18-9-2-1-3-10-18)22-17-8-6-7-16(13-17)19-15-27-21(23-19)24-11-4-5-12-24/h1-3,6-10,13,15H,4-5,11-12,14H2,(H,22,25). The fourth-order valence-corrected chi connectivity index (χ4v) is 3.96. The summed E-state index contributed by atoms with van der Waals surface area (Å²) >= 11 is 1.67. The molecule has 0 spiro atoms. The number of amides is 1. The lowest BCUT2D eigenvalue weighted by Crippen LogP contribution is -2.20. The van der Waals surface area contributed by atoms with Gasteiger partial charge in [0.05, 0.1) is 5.69 Å². The highest BCUT2D eigenvalue weighted by Gasteiger charge is 2.16. The van der Waals surface area contributed by atoms with Crippen LogP contribution in [-0.2, 0) is 4.79 Å². The third kappa shape index (κ3) is 4.46. The molecule has 2 aromatic carbocycles. The van der Waals surface area contributed by atoms with Crippen LogP contribution in [0.15, 0.2) is 60.0 Å². The molecular formula is C21H21N3O2S. The van der Waals surface area contributed by atoms with Gasteiger partial charge >= 0.3 is 0 Å². The molecule has 0 atom stereocenters.